The molecule has 5 heteroatoms. The summed E-state index contributed by atoms with van der Waals surface area (Å²) >= 11 is 0. The average molecular weight is 390 g/mol. The van der Waals surface area contributed by atoms with Crippen LogP contribution in [0.2, 0.25) is 0 Å². The van der Waals surface area contributed by atoms with Crippen LogP contribution in [-0.2, 0) is 0 Å². The molecule has 0 radical (unpaired) electrons. The van der Waals surface area contributed by atoms with Gasteiger partial charge in [-0.2, -0.15) is 0 Å². The summed E-state index contributed by atoms with van der Waals surface area (Å²) in [5.41, 5.74) is 2.08. The summed E-state index contributed by atoms with van der Waals surface area (Å²) in [5, 5.41) is 0. The maximum Gasteiger partial charge on any atom is 0.347 e. The number of carbonyl (C=O) groups is 2. The number of aryl methyl sites for hydroxylation is 1. The van der Waals surface area contributed by atoms with E-state index in [4.69, 9.17) is 9.47 Å². The zero-order chi connectivity index (χ0) is 20.8. The number of benzene rings is 3. The predicted molar refractivity (Wildman–Crippen MR) is 109 cm³/mol. The van der Waals surface area contributed by atoms with Crippen LogP contribution in [0.25, 0.3) is 6.08 Å². The largest absolute Gasteiger partial charge is 0.496 e. The average Bonchev–Trinajstić information content (AvgIpc) is 2.74. The fourth-order valence-electron chi connectivity index (χ4n) is 2.69. The number of esters is 1. The maximum absolute atomic E-state index is 13.8. The Bertz CT molecular complexity index is 1070. The van der Waals surface area contributed by atoms with Crippen LogP contribution in [0.15, 0.2) is 72.8 Å². The third-order valence-corrected chi connectivity index (χ3v) is 4.24. The van der Waals surface area contributed by atoms with Gasteiger partial charge < -0.3 is 9.47 Å². The lowest BCUT2D eigenvalue weighted by atomic mass is 10.1. The molecule has 146 valence electrons. The molecule has 0 saturated carbocycles. The van der Waals surface area contributed by atoms with Crippen molar-refractivity contribution in [3.8, 4) is 11.5 Å². The molecule has 0 aliphatic heterocycles. The zero-order valence-corrected chi connectivity index (χ0v) is 16.0. The molecule has 0 atom stereocenters. The highest BCUT2D eigenvalue weighted by Gasteiger charge is 2.18. The van der Waals surface area contributed by atoms with Crippen LogP contribution in [0, 0.1) is 12.7 Å². The number of allylic oxidation sites excluding steroid dienone is 1. The Balaban J connectivity index is 1.86. The second-order valence-electron chi connectivity index (χ2n) is 6.34. The number of carbonyl (C=O) groups excluding carboxylic acids is 2. The second kappa shape index (κ2) is 8.97. The van der Waals surface area contributed by atoms with E-state index in [9.17, 15) is 14.0 Å². The summed E-state index contributed by atoms with van der Waals surface area (Å²) < 4.78 is 24.3. The lowest BCUT2D eigenvalue weighted by Gasteiger charge is -2.10. The minimum atomic E-state index is -0.703. The third kappa shape index (κ3) is 4.96. The molecule has 0 heterocycles. The van der Waals surface area contributed by atoms with Crippen molar-refractivity contribution in [1.82, 2.24) is 0 Å². The van der Waals surface area contributed by atoms with Gasteiger partial charge in [0.05, 0.1) is 12.7 Å². The quantitative estimate of drug-likeness (QED) is 0.249. The van der Waals surface area contributed by atoms with Gasteiger partial charge in [-0.1, -0.05) is 48.0 Å². The third-order valence-electron chi connectivity index (χ3n) is 4.24. The van der Waals surface area contributed by atoms with Crippen LogP contribution >= 0.6 is 0 Å². The Morgan fingerprint density at radius 2 is 1.62 bits per heavy atom. The van der Waals surface area contributed by atoms with Gasteiger partial charge in [0, 0.05) is 0 Å². The van der Waals surface area contributed by atoms with Crippen molar-refractivity contribution >= 4 is 17.8 Å². The molecule has 3 rings (SSSR count). The molecule has 0 aliphatic carbocycles. The molecule has 0 N–H and O–H groups in total. The number of para-hydroxylation sites is 1. The first-order chi connectivity index (χ1) is 14.0. The minimum absolute atomic E-state index is 0.0270. The Morgan fingerprint density at radius 1 is 0.897 bits per heavy atom. The molecule has 4 nitrogen and oxygen atoms in total. The van der Waals surface area contributed by atoms with Gasteiger partial charge in [-0.25, -0.2) is 9.18 Å². The van der Waals surface area contributed by atoms with E-state index in [2.05, 4.69) is 0 Å². The van der Waals surface area contributed by atoms with Crippen LogP contribution in [0.1, 0.15) is 31.8 Å². The van der Waals surface area contributed by atoms with E-state index < -0.39 is 17.6 Å². The van der Waals surface area contributed by atoms with Crippen molar-refractivity contribution in [2.45, 2.75) is 6.92 Å². The molecule has 0 fully saturated rings. The molecule has 0 bridgehead atoms. The van der Waals surface area contributed by atoms with Crippen LogP contribution in [0.4, 0.5) is 4.39 Å². The monoisotopic (exact) mass is 390 g/mol. The van der Waals surface area contributed by atoms with Gasteiger partial charge in [-0.3, -0.25) is 4.79 Å². The molecular weight excluding hydrogens is 371 g/mol. The first kappa shape index (κ1) is 20.0. The first-order valence-corrected chi connectivity index (χ1v) is 8.92. The summed E-state index contributed by atoms with van der Waals surface area (Å²) in [6, 6.07) is 17.6. The van der Waals surface area contributed by atoms with Gasteiger partial charge in [0.1, 0.15) is 22.9 Å². The number of rotatable bonds is 6. The lowest BCUT2D eigenvalue weighted by Crippen LogP contribution is -2.12. The number of methoxy groups -OCH3 is 1. The van der Waals surface area contributed by atoms with E-state index >= 15 is 0 Å². The number of ketones is 1. The Labute approximate surface area is 168 Å². The Morgan fingerprint density at radius 3 is 2.34 bits per heavy atom. The molecule has 29 heavy (non-hydrogen) atoms. The highest BCUT2D eigenvalue weighted by atomic mass is 19.1. The SMILES string of the molecule is COc1ccccc1C(=O)Oc1ccc(F)cc1C(=O)C=Cc1ccc(C)cc1. The van der Waals surface area contributed by atoms with E-state index in [1.54, 1.807) is 30.3 Å². The van der Waals surface area contributed by atoms with E-state index in [1.807, 2.05) is 31.2 Å². The molecule has 0 unspecified atom stereocenters. The van der Waals surface area contributed by atoms with Gasteiger partial charge in [-0.05, 0) is 48.9 Å². The minimum Gasteiger partial charge on any atom is -0.496 e. The number of hydrogen-bond acceptors (Lipinski definition) is 4. The highest BCUT2D eigenvalue weighted by molar-refractivity contribution is 6.09. The van der Waals surface area contributed by atoms with E-state index in [0.717, 1.165) is 23.3 Å². The molecule has 0 amide bonds. The van der Waals surface area contributed by atoms with Gasteiger partial charge in [0.15, 0.2) is 5.78 Å². The van der Waals surface area contributed by atoms with Gasteiger partial charge in [0.2, 0.25) is 0 Å². The van der Waals surface area contributed by atoms with Crippen LogP contribution in [0.5, 0.6) is 11.5 Å². The van der Waals surface area contributed by atoms with Crippen molar-refractivity contribution in [2.75, 3.05) is 7.11 Å². The molecule has 0 aromatic heterocycles. The Kier molecular flexibility index (Phi) is 6.19. The molecule has 0 aliphatic rings. The summed E-state index contributed by atoms with van der Waals surface area (Å²) in [6.45, 7) is 1.97. The van der Waals surface area contributed by atoms with Crippen molar-refractivity contribution < 1.29 is 23.5 Å². The Hall–Kier alpha value is -3.73. The van der Waals surface area contributed by atoms with E-state index in [-0.39, 0.29) is 16.9 Å². The normalized spacial score (nSPS) is 10.7. The standard InChI is InChI=1S/C24H19FO4/c1-16-7-9-17(10-8-16)11-13-21(26)20-15-18(25)12-14-23(20)29-24(27)19-5-3-4-6-22(19)28-2/h3-15H,1-2H3. The second-order valence-corrected chi connectivity index (χ2v) is 6.34. The highest BCUT2D eigenvalue weighted by Crippen LogP contribution is 2.25. The van der Waals surface area contributed by atoms with Crippen LogP contribution < -0.4 is 9.47 Å². The van der Waals surface area contributed by atoms with Gasteiger partial charge >= 0.3 is 5.97 Å². The fraction of sp³-hybridized carbons (Fsp3) is 0.0833. The lowest BCUT2D eigenvalue weighted by molar-refractivity contribution is 0.0729. The fourth-order valence-corrected chi connectivity index (χ4v) is 2.69. The molecule has 3 aromatic carbocycles. The van der Waals surface area contributed by atoms with E-state index in [0.29, 0.717) is 5.75 Å². The van der Waals surface area contributed by atoms with Crippen LogP contribution in [-0.4, -0.2) is 18.9 Å². The number of halogens is 1. The van der Waals surface area contributed by atoms with Crippen molar-refractivity contribution in [3.63, 3.8) is 0 Å². The summed E-state index contributed by atoms with van der Waals surface area (Å²) in [7, 11) is 1.44. The van der Waals surface area contributed by atoms with Crippen molar-refractivity contribution in [3.05, 3.63) is 101 Å². The molecule has 0 saturated heterocycles. The topological polar surface area (TPSA) is 52.6 Å². The van der Waals surface area contributed by atoms with Crippen molar-refractivity contribution in [2.24, 2.45) is 0 Å². The molecular formula is C24H19FO4. The molecule has 0 spiro atoms. The maximum atomic E-state index is 13.8. The summed E-state index contributed by atoms with van der Waals surface area (Å²) in [6.07, 6.45) is 2.94. The number of hydrogen-bond donors (Lipinski definition) is 0. The van der Waals surface area contributed by atoms with Gasteiger partial charge in [-0.15, -0.1) is 0 Å². The van der Waals surface area contributed by atoms with Crippen LogP contribution in [0.3, 0.4) is 0 Å². The smallest absolute Gasteiger partial charge is 0.347 e. The first-order valence-electron chi connectivity index (χ1n) is 8.92. The van der Waals surface area contributed by atoms with E-state index in [1.165, 1.54) is 19.3 Å². The summed E-state index contributed by atoms with van der Waals surface area (Å²) in [5.74, 6) is -1.47. The van der Waals surface area contributed by atoms with Gasteiger partial charge in [0.25, 0.3) is 0 Å². The van der Waals surface area contributed by atoms with Crippen molar-refractivity contribution in [1.29, 1.82) is 0 Å². The number of ether oxygens (including phenoxy) is 2. The molecule has 3 aromatic rings. The summed E-state index contributed by atoms with van der Waals surface area (Å²) in [4.78, 5) is 25.2. The predicted octanol–water partition coefficient (Wildman–Crippen LogP) is 5.26. The zero-order valence-electron chi connectivity index (χ0n) is 16.0.